The lowest BCUT2D eigenvalue weighted by atomic mass is 9.99. The van der Waals surface area contributed by atoms with Crippen LogP contribution in [0.2, 0.25) is 0 Å². The van der Waals surface area contributed by atoms with Gasteiger partial charge in [-0.2, -0.15) is 0 Å². The lowest BCUT2D eigenvalue weighted by molar-refractivity contribution is -0.302. The zero-order valence-corrected chi connectivity index (χ0v) is 36.0. The first-order valence-corrected chi connectivity index (χ1v) is 23.7. The Morgan fingerprint density at radius 3 is 1.29 bits per heavy atom. The van der Waals surface area contributed by atoms with Crippen molar-refractivity contribution in [2.75, 3.05) is 13.2 Å². The summed E-state index contributed by atoms with van der Waals surface area (Å²) in [6, 6.07) is -0.711. The van der Waals surface area contributed by atoms with E-state index in [1.165, 1.54) is 167 Å². The molecule has 0 bridgehead atoms. The van der Waals surface area contributed by atoms with Gasteiger partial charge in [0.15, 0.2) is 6.29 Å². The molecule has 0 saturated carbocycles. The van der Waals surface area contributed by atoms with Crippen LogP contribution in [-0.4, -0.2) is 87.5 Å². The summed E-state index contributed by atoms with van der Waals surface area (Å²) in [6.45, 7) is 3.85. The summed E-state index contributed by atoms with van der Waals surface area (Å²) in [4.78, 5) is 13.0. The molecule has 55 heavy (non-hydrogen) atoms. The molecule has 328 valence electrons. The number of aliphatic hydroxyl groups is 5. The van der Waals surface area contributed by atoms with Gasteiger partial charge in [-0.1, -0.05) is 213 Å². The fourth-order valence-electron chi connectivity index (χ4n) is 7.87. The lowest BCUT2D eigenvalue weighted by Crippen LogP contribution is -2.60. The first-order chi connectivity index (χ1) is 26.8. The molecule has 1 amide bonds. The topological polar surface area (TPSA) is 149 Å². The monoisotopic (exact) mass is 786 g/mol. The third-order valence-electron chi connectivity index (χ3n) is 11.7. The summed E-state index contributed by atoms with van der Waals surface area (Å²) >= 11 is 0. The highest BCUT2D eigenvalue weighted by atomic mass is 16.7. The number of unbranched alkanes of at least 4 members (excludes halogenated alkanes) is 30. The number of aliphatic hydroxyl groups excluding tert-OH is 5. The molecule has 1 aliphatic rings. The number of carbonyl (C=O) groups is 1. The predicted molar refractivity (Wildman–Crippen MR) is 226 cm³/mol. The summed E-state index contributed by atoms with van der Waals surface area (Å²) in [5.41, 5.74) is 0. The highest BCUT2D eigenvalue weighted by Gasteiger charge is 2.44. The zero-order chi connectivity index (χ0) is 40.2. The minimum atomic E-state index is -1.55. The van der Waals surface area contributed by atoms with E-state index in [1.807, 2.05) is 0 Å². The Kier molecular flexibility index (Phi) is 35.6. The van der Waals surface area contributed by atoms with E-state index in [0.29, 0.717) is 12.8 Å². The van der Waals surface area contributed by atoms with Crippen LogP contribution < -0.4 is 5.32 Å². The number of ether oxygens (including phenoxy) is 2. The van der Waals surface area contributed by atoms with Gasteiger partial charge in [0.2, 0.25) is 5.91 Å². The molecular formula is C46H91NO8. The van der Waals surface area contributed by atoms with Crippen LogP contribution >= 0.6 is 0 Å². The standard InChI is InChI=1S/C46H91NO8/c1-3-5-7-9-11-13-15-17-19-20-21-22-24-26-28-30-32-34-36-42(50)47-39(38-54-46-45(53)44(52)43(51)41(37-48)55-46)40(49)35-33-31-29-27-25-23-18-16-14-12-10-8-6-4-2/h39-41,43-46,48-49,51-53H,3-38H2,1-2H3,(H,47,50)/t39-,40+,41+,43+,44?,45?,46+/m0/s1. The van der Waals surface area contributed by atoms with E-state index in [9.17, 15) is 30.3 Å². The van der Waals surface area contributed by atoms with E-state index < -0.39 is 49.5 Å². The zero-order valence-electron chi connectivity index (χ0n) is 36.0. The van der Waals surface area contributed by atoms with Crippen LogP contribution in [0.25, 0.3) is 0 Å². The van der Waals surface area contributed by atoms with Crippen molar-refractivity contribution in [1.29, 1.82) is 0 Å². The summed E-state index contributed by atoms with van der Waals surface area (Å²) in [5.74, 6) is -0.140. The van der Waals surface area contributed by atoms with Crippen LogP contribution in [0.1, 0.15) is 232 Å². The van der Waals surface area contributed by atoms with E-state index >= 15 is 0 Å². The normalized spacial score (nSPS) is 21.2. The number of amides is 1. The van der Waals surface area contributed by atoms with Gasteiger partial charge in [-0.25, -0.2) is 0 Å². The van der Waals surface area contributed by atoms with Crippen molar-refractivity contribution < 1.29 is 39.8 Å². The maximum Gasteiger partial charge on any atom is 0.220 e. The smallest absolute Gasteiger partial charge is 0.220 e. The fraction of sp³-hybridized carbons (Fsp3) is 0.978. The molecule has 0 aliphatic carbocycles. The van der Waals surface area contributed by atoms with Crippen molar-refractivity contribution in [1.82, 2.24) is 5.32 Å². The molecule has 9 nitrogen and oxygen atoms in total. The molecule has 2 unspecified atom stereocenters. The van der Waals surface area contributed by atoms with Gasteiger partial charge in [0.25, 0.3) is 0 Å². The van der Waals surface area contributed by atoms with Crippen molar-refractivity contribution in [2.24, 2.45) is 0 Å². The van der Waals surface area contributed by atoms with Crippen molar-refractivity contribution in [3.8, 4) is 0 Å². The molecule has 0 radical (unpaired) electrons. The molecule has 6 N–H and O–H groups in total. The first kappa shape index (κ1) is 52.2. The Morgan fingerprint density at radius 2 is 0.909 bits per heavy atom. The van der Waals surface area contributed by atoms with Gasteiger partial charge in [-0.3, -0.25) is 4.79 Å². The Balaban J connectivity index is 2.29. The molecule has 1 saturated heterocycles. The van der Waals surface area contributed by atoms with E-state index in [1.54, 1.807) is 0 Å². The molecule has 0 spiro atoms. The molecule has 1 fully saturated rings. The van der Waals surface area contributed by atoms with Gasteiger partial charge < -0.3 is 40.3 Å². The summed E-state index contributed by atoms with van der Waals surface area (Å²) in [7, 11) is 0. The molecule has 1 heterocycles. The molecule has 1 rings (SSSR count). The fourth-order valence-corrected chi connectivity index (χ4v) is 7.87. The Bertz CT molecular complexity index is 832. The summed E-state index contributed by atoms with van der Waals surface area (Å²) < 4.78 is 11.3. The van der Waals surface area contributed by atoms with Crippen LogP contribution in [0, 0.1) is 0 Å². The molecule has 1 aliphatic heterocycles. The summed E-state index contributed by atoms with van der Waals surface area (Å²) in [5, 5.41) is 54.4. The molecule has 9 heteroatoms. The second-order valence-corrected chi connectivity index (χ2v) is 16.9. The predicted octanol–water partition coefficient (Wildman–Crippen LogP) is 9.95. The van der Waals surface area contributed by atoms with Crippen LogP contribution in [-0.2, 0) is 14.3 Å². The largest absolute Gasteiger partial charge is 0.394 e. The quantitative estimate of drug-likeness (QED) is 0.0337. The van der Waals surface area contributed by atoms with E-state index in [-0.39, 0.29) is 12.5 Å². The number of hydrogen-bond acceptors (Lipinski definition) is 8. The lowest BCUT2D eigenvalue weighted by Gasteiger charge is -2.40. The number of hydrogen-bond donors (Lipinski definition) is 6. The van der Waals surface area contributed by atoms with Crippen LogP contribution in [0.4, 0.5) is 0 Å². The van der Waals surface area contributed by atoms with Gasteiger partial charge >= 0.3 is 0 Å². The number of rotatable bonds is 40. The second-order valence-electron chi connectivity index (χ2n) is 16.9. The maximum atomic E-state index is 13.0. The average Bonchev–Trinajstić information content (AvgIpc) is 3.18. The van der Waals surface area contributed by atoms with E-state index in [0.717, 1.165) is 38.5 Å². The van der Waals surface area contributed by atoms with Gasteiger partial charge in [0.1, 0.15) is 24.4 Å². The van der Waals surface area contributed by atoms with Crippen molar-refractivity contribution >= 4 is 5.91 Å². The minimum absolute atomic E-state index is 0.132. The molecule has 0 aromatic heterocycles. The minimum Gasteiger partial charge on any atom is -0.394 e. The Hall–Kier alpha value is -0.810. The molecule has 7 atom stereocenters. The molecule has 0 aromatic rings. The Morgan fingerprint density at radius 1 is 0.545 bits per heavy atom. The van der Waals surface area contributed by atoms with E-state index in [4.69, 9.17) is 9.47 Å². The van der Waals surface area contributed by atoms with Crippen molar-refractivity contribution in [3.63, 3.8) is 0 Å². The third-order valence-corrected chi connectivity index (χ3v) is 11.7. The van der Waals surface area contributed by atoms with Gasteiger partial charge in [-0.05, 0) is 12.8 Å². The first-order valence-electron chi connectivity index (χ1n) is 23.7. The van der Waals surface area contributed by atoms with Gasteiger partial charge in [0, 0.05) is 6.42 Å². The van der Waals surface area contributed by atoms with E-state index in [2.05, 4.69) is 19.2 Å². The van der Waals surface area contributed by atoms with Crippen molar-refractivity contribution in [2.45, 2.75) is 275 Å². The third kappa shape index (κ3) is 28.3. The van der Waals surface area contributed by atoms with Crippen LogP contribution in [0.3, 0.4) is 0 Å². The second kappa shape index (κ2) is 37.5. The van der Waals surface area contributed by atoms with Gasteiger partial charge in [0.05, 0.1) is 25.4 Å². The number of nitrogens with one attached hydrogen (secondary N) is 1. The maximum absolute atomic E-state index is 13.0. The average molecular weight is 786 g/mol. The van der Waals surface area contributed by atoms with Gasteiger partial charge in [-0.15, -0.1) is 0 Å². The highest BCUT2D eigenvalue weighted by molar-refractivity contribution is 5.76. The Labute approximate surface area is 338 Å². The molecular weight excluding hydrogens is 695 g/mol. The number of carbonyl (C=O) groups excluding carboxylic acids is 1. The summed E-state index contributed by atoms with van der Waals surface area (Å²) in [6.07, 6.45) is 33.9. The van der Waals surface area contributed by atoms with Crippen molar-refractivity contribution in [3.05, 3.63) is 0 Å². The van der Waals surface area contributed by atoms with Crippen LogP contribution in [0.15, 0.2) is 0 Å². The molecule has 0 aromatic carbocycles. The highest BCUT2D eigenvalue weighted by Crippen LogP contribution is 2.23. The SMILES string of the molecule is CCCCCCCCCCCCCCCCCCCCC(=O)N[C@@H](CO[C@@H]1O[C@H](CO)[C@@H](O)C(O)C1O)[C@H](O)CCCCCCCCCCCCCCCC. The van der Waals surface area contributed by atoms with Crippen LogP contribution in [0.5, 0.6) is 0 Å².